The van der Waals surface area contributed by atoms with Crippen LogP contribution in [0.15, 0.2) is 42.5 Å². The van der Waals surface area contributed by atoms with Gasteiger partial charge in [0.25, 0.3) is 0 Å². The van der Waals surface area contributed by atoms with Crippen LogP contribution in [0.25, 0.3) is 11.1 Å². The molecular weight excluding hydrogens is 215 g/mol. The Morgan fingerprint density at radius 3 is 2.47 bits per heavy atom. The average Bonchev–Trinajstić information content (AvgIpc) is 2.16. The number of aromatic hydroxyl groups is 1. The zero-order chi connectivity index (χ0) is 10.8. The van der Waals surface area contributed by atoms with Crippen molar-refractivity contribution in [3.63, 3.8) is 0 Å². The van der Waals surface area contributed by atoms with E-state index < -0.39 is 0 Å². The lowest BCUT2D eigenvalue weighted by Gasteiger charge is -2.04. The Hall–Kier alpha value is -1.54. The Morgan fingerprint density at radius 1 is 1.07 bits per heavy atom. The second-order valence-corrected chi connectivity index (χ2v) is 3.61. The minimum Gasteiger partial charge on any atom is -0.508 e. The maximum absolute atomic E-state index is 13.4. The summed E-state index contributed by atoms with van der Waals surface area (Å²) in [7, 11) is 0. The Labute approximate surface area is 91.8 Å². The molecular formula is C12H8ClFO. The fourth-order valence-corrected chi connectivity index (χ4v) is 1.65. The fourth-order valence-electron chi connectivity index (χ4n) is 1.42. The minimum atomic E-state index is -0.334. The van der Waals surface area contributed by atoms with E-state index in [2.05, 4.69) is 0 Å². The minimum absolute atomic E-state index is 0.0285. The van der Waals surface area contributed by atoms with E-state index in [0.717, 1.165) is 0 Å². The zero-order valence-corrected chi connectivity index (χ0v) is 8.50. The Balaban J connectivity index is 2.59. The molecule has 0 bridgehead atoms. The normalized spacial score (nSPS) is 10.3. The third-order valence-electron chi connectivity index (χ3n) is 2.07. The van der Waals surface area contributed by atoms with E-state index in [1.807, 2.05) is 0 Å². The molecule has 0 atom stereocenters. The predicted octanol–water partition coefficient (Wildman–Crippen LogP) is 3.85. The van der Waals surface area contributed by atoms with Gasteiger partial charge in [-0.15, -0.1) is 0 Å². The first-order valence-corrected chi connectivity index (χ1v) is 4.79. The SMILES string of the molecule is Oc1cc(Cl)cc(-c2ccccc2F)c1. The number of phenolic OH excluding ortho intramolecular Hbond substituents is 1. The predicted molar refractivity (Wildman–Crippen MR) is 58.5 cm³/mol. The van der Waals surface area contributed by atoms with Crippen LogP contribution in [0, 0.1) is 5.82 Å². The van der Waals surface area contributed by atoms with E-state index in [4.69, 9.17) is 11.6 Å². The summed E-state index contributed by atoms with van der Waals surface area (Å²) >= 11 is 5.77. The number of phenols is 1. The molecule has 1 N–H and O–H groups in total. The van der Waals surface area contributed by atoms with Crippen LogP contribution in [0.3, 0.4) is 0 Å². The molecule has 0 aliphatic heterocycles. The highest BCUT2D eigenvalue weighted by atomic mass is 35.5. The van der Waals surface area contributed by atoms with Gasteiger partial charge in [-0.25, -0.2) is 4.39 Å². The van der Waals surface area contributed by atoms with Crippen molar-refractivity contribution >= 4 is 11.6 Å². The molecule has 0 amide bonds. The lowest BCUT2D eigenvalue weighted by Crippen LogP contribution is -1.83. The molecule has 0 spiro atoms. The second-order valence-electron chi connectivity index (χ2n) is 3.18. The second kappa shape index (κ2) is 3.91. The summed E-state index contributed by atoms with van der Waals surface area (Å²) in [6, 6.07) is 10.9. The van der Waals surface area contributed by atoms with Crippen LogP contribution in [0.5, 0.6) is 5.75 Å². The number of hydrogen-bond donors (Lipinski definition) is 1. The molecule has 0 aliphatic carbocycles. The highest BCUT2D eigenvalue weighted by Gasteiger charge is 2.05. The van der Waals surface area contributed by atoms with Gasteiger partial charge in [0, 0.05) is 10.6 Å². The first kappa shape index (κ1) is 9.99. The van der Waals surface area contributed by atoms with Gasteiger partial charge >= 0.3 is 0 Å². The third kappa shape index (κ3) is 2.10. The van der Waals surface area contributed by atoms with Gasteiger partial charge in [0.2, 0.25) is 0 Å². The molecule has 2 rings (SSSR count). The Morgan fingerprint density at radius 2 is 1.80 bits per heavy atom. The Kier molecular flexibility index (Phi) is 2.60. The van der Waals surface area contributed by atoms with Gasteiger partial charge in [0.05, 0.1) is 0 Å². The molecule has 0 aromatic heterocycles. The quantitative estimate of drug-likeness (QED) is 0.777. The van der Waals surface area contributed by atoms with E-state index in [-0.39, 0.29) is 11.6 Å². The summed E-state index contributed by atoms with van der Waals surface area (Å²) in [4.78, 5) is 0. The number of hydrogen-bond acceptors (Lipinski definition) is 1. The topological polar surface area (TPSA) is 20.2 Å². The van der Waals surface area contributed by atoms with Gasteiger partial charge in [0.1, 0.15) is 11.6 Å². The monoisotopic (exact) mass is 222 g/mol. The first-order chi connectivity index (χ1) is 7.16. The molecule has 2 aromatic rings. The van der Waals surface area contributed by atoms with Gasteiger partial charge in [-0.05, 0) is 29.8 Å². The van der Waals surface area contributed by atoms with Crippen molar-refractivity contribution in [3.8, 4) is 16.9 Å². The van der Waals surface area contributed by atoms with E-state index in [1.54, 1.807) is 24.3 Å². The highest BCUT2D eigenvalue weighted by molar-refractivity contribution is 6.31. The number of benzene rings is 2. The van der Waals surface area contributed by atoms with Crippen molar-refractivity contribution < 1.29 is 9.50 Å². The van der Waals surface area contributed by atoms with Gasteiger partial charge in [0.15, 0.2) is 0 Å². The van der Waals surface area contributed by atoms with Crippen molar-refractivity contribution in [2.45, 2.75) is 0 Å². The zero-order valence-electron chi connectivity index (χ0n) is 7.74. The lowest BCUT2D eigenvalue weighted by atomic mass is 10.1. The third-order valence-corrected chi connectivity index (χ3v) is 2.29. The van der Waals surface area contributed by atoms with Crippen LogP contribution in [0.4, 0.5) is 4.39 Å². The summed E-state index contributed by atoms with van der Waals surface area (Å²) in [5, 5.41) is 9.72. The van der Waals surface area contributed by atoms with E-state index in [9.17, 15) is 9.50 Å². The molecule has 76 valence electrons. The van der Waals surface area contributed by atoms with Gasteiger partial charge in [-0.3, -0.25) is 0 Å². The highest BCUT2D eigenvalue weighted by Crippen LogP contribution is 2.29. The van der Waals surface area contributed by atoms with Crippen LogP contribution < -0.4 is 0 Å². The molecule has 0 fully saturated rings. The van der Waals surface area contributed by atoms with Crippen LogP contribution in [0.1, 0.15) is 0 Å². The summed E-state index contributed by atoms with van der Waals surface area (Å²) in [5.41, 5.74) is 0.994. The maximum atomic E-state index is 13.4. The molecule has 0 saturated heterocycles. The average molecular weight is 223 g/mol. The van der Waals surface area contributed by atoms with Crippen LogP contribution in [-0.4, -0.2) is 5.11 Å². The van der Waals surface area contributed by atoms with E-state index in [0.29, 0.717) is 16.1 Å². The van der Waals surface area contributed by atoms with Gasteiger partial charge in [-0.1, -0.05) is 29.8 Å². The van der Waals surface area contributed by atoms with Crippen LogP contribution in [-0.2, 0) is 0 Å². The van der Waals surface area contributed by atoms with Gasteiger partial charge in [-0.2, -0.15) is 0 Å². The molecule has 1 nitrogen and oxygen atoms in total. The summed E-state index contributed by atoms with van der Waals surface area (Å²) in [5.74, 6) is -0.306. The van der Waals surface area contributed by atoms with Crippen molar-refractivity contribution in [1.29, 1.82) is 0 Å². The first-order valence-electron chi connectivity index (χ1n) is 4.41. The van der Waals surface area contributed by atoms with Crippen LogP contribution in [0.2, 0.25) is 5.02 Å². The standard InChI is InChI=1S/C12H8ClFO/c13-9-5-8(6-10(15)7-9)11-3-1-2-4-12(11)14/h1-7,15H. The lowest BCUT2D eigenvalue weighted by molar-refractivity contribution is 0.475. The van der Waals surface area contributed by atoms with Crippen molar-refractivity contribution in [3.05, 3.63) is 53.3 Å². The van der Waals surface area contributed by atoms with Gasteiger partial charge < -0.3 is 5.11 Å². The molecule has 0 unspecified atom stereocenters. The molecule has 0 saturated carbocycles. The Bertz CT molecular complexity index is 476. The summed E-state index contributed by atoms with van der Waals surface area (Å²) in [6.07, 6.45) is 0. The number of rotatable bonds is 1. The van der Waals surface area contributed by atoms with E-state index >= 15 is 0 Å². The molecule has 3 heteroatoms. The fraction of sp³-hybridized carbons (Fsp3) is 0. The number of halogens is 2. The molecule has 15 heavy (non-hydrogen) atoms. The molecule has 2 aromatic carbocycles. The molecule has 0 aliphatic rings. The summed E-state index contributed by atoms with van der Waals surface area (Å²) < 4.78 is 13.4. The van der Waals surface area contributed by atoms with Crippen molar-refractivity contribution in [1.82, 2.24) is 0 Å². The molecule has 0 heterocycles. The van der Waals surface area contributed by atoms with E-state index in [1.165, 1.54) is 18.2 Å². The van der Waals surface area contributed by atoms with Crippen molar-refractivity contribution in [2.24, 2.45) is 0 Å². The van der Waals surface area contributed by atoms with Crippen LogP contribution >= 0.6 is 11.6 Å². The molecule has 0 radical (unpaired) electrons. The largest absolute Gasteiger partial charge is 0.508 e. The summed E-state index contributed by atoms with van der Waals surface area (Å²) in [6.45, 7) is 0. The maximum Gasteiger partial charge on any atom is 0.131 e. The van der Waals surface area contributed by atoms with Crippen molar-refractivity contribution in [2.75, 3.05) is 0 Å². The smallest absolute Gasteiger partial charge is 0.131 e.